The molecule has 1 aromatic rings. The van der Waals surface area contributed by atoms with Crippen LogP contribution in [0.2, 0.25) is 0 Å². The summed E-state index contributed by atoms with van der Waals surface area (Å²) in [6.07, 6.45) is -5.16. The lowest BCUT2D eigenvalue weighted by Gasteiger charge is -2.34. The van der Waals surface area contributed by atoms with Crippen molar-refractivity contribution in [3.63, 3.8) is 0 Å². The molecule has 0 bridgehead atoms. The Labute approximate surface area is 117 Å². The van der Waals surface area contributed by atoms with Gasteiger partial charge in [-0.2, -0.15) is 13.2 Å². The first kappa shape index (κ1) is 13.7. The number of rotatable bonds is 1. The van der Waals surface area contributed by atoms with Crippen LogP contribution < -0.4 is 20.9 Å². The SMILES string of the molecule is NC1=NC(N)N=CC1(c1ccc2c(c1)OCO2)C(F)(F)F. The fourth-order valence-electron chi connectivity index (χ4n) is 2.28. The van der Waals surface area contributed by atoms with E-state index < -0.39 is 23.7 Å². The molecule has 9 heteroatoms. The zero-order chi connectivity index (χ0) is 15.3. The van der Waals surface area contributed by atoms with Crippen molar-refractivity contribution in [2.75, 3.05) is 6.79 Å². The second kappa shape index (κ2) is 4.35. The maximum absolute atomic E-state index is 13.6. The lowest BCUT2D eigenvalue weighted by atomic mass is 9.78. The van der Waals surface area contributed by atoms with Crippen LogP contribution in [0.5, 0.6) is 11.5 Å². The number of fused-ring (bicyclic) bond motifs is 1. The number of halogens is 3. The van der Waals surface area contributed by atoms with Crippen molar-refractivity contribution >= 4 is 12.1 Å². The Morgan fingerprint density at radius 3 is 2.62 bits per heavy atom. The number of hydrogen-bond donors (Lipinski definition) is 2. The van der Waals surface area contributed by atoms with Crippen LogP contribution in [0.15, 0.2) is 28.2 Å². The molecule has 0 saturated carbocycles. The predicted molar refractivity (Wildman–Crippen MR) is 68.4 cm³/mol. The van der Waals surface area contributed by atoms with E-state index in [4.69, 9.17) is 20.9 Å². The van der Waals surface area contributed by atoms with Gasteiger partial charge in [0.1, 0.15) is 5.84 Å². The summed E-state index contributed by atoms with van der Waals surface area (Å²) in [4.78, 5) is 7.12. The number of aliphatic imine (C=N–C) groups is 2. The number of nitrogens with two attached hydrogens (primary N) is 2. The Morgan fingerprint density at radius 1 is 1.24 bits per heavy atom. The van der Waals surface area contributed by atoms with Crippen LogP contribution in [0.25, 0.3) is 0 Å². The molecule has 1 aromatic carbocycles. The highest BCUT2D eigenvalue weighted by Gasteiger charge is 2.59. The first-order valence-corrected chi connectivity index (χ1v) is 5.95. The molecule has 2 unspecified atom stereocenters. The van der Waals surface area contributed by atoms with Crippen molar-refractivity contribution in [2.45, 2.75) is 17.9 Å². The van der Waals surface area contributed by atoms with E-state index in [1.165, 1.54) is 18.2 Å². The van der Waals surface area contributed by atoms with Crippen LogP contribution >= 0.6 is 0 Å². The summed E-state index contributed by atoms with van der Waals surface area (Å²) in [5.41, 5.74) is 8.16. The van der Waals surface area contributed by atoms with E-state index in [0.717, 1.165) is 0 Å². The summed E-state index contributed by atoms with van der Waals surface area (Å²) in [5.74, 6) is -0.0698. The number of benzene rings is 1. The Kier molecular flexibility index (Phi) is 2.84. The van der Waals surface area contributed by atoms with Crippen molar-refractivity contribution in [3.8, 4) is 11.5 Å². The molecule has 4 N–H and O–H groups in total. The van der Waals surface area contributed by atoms with Crippen molar-refractivity contribution in [1.29, 1.82) is 0 Å². The normalized spacial score (nSPS) is 27.6. The molecule has 21 heavy (non-hydrogen) atoms. The van der Waals surface area contributed by atoms with E-state index >= 15 is 0 Å². The van der Waals surface area contributed by atoms with E-state index in [1.807, 2.05) is 0 Å². The predicted octanol–water partition coefficient (Wildman–Crippen LogP) is 0.899. The molecule has 2 aliphatic rings. The van der Waals surface area contributed by atoms with Crippen molar-refractivity contribution < 1.29 is 22.6 Å². The third-order valence-electron chi connectivity index (χ3n) is 3.37. The summed E-state index contributed by atoms with van der Waals surface area (Å²) in [5, 5.41) is 0. The van der Waals surface area contributed by atoms with Crippen LogP contribution in [-0.4, -0.2) is 31.3 Å². The number of alkyl halides is 3. The summed E-state index contributed by atoms with van der Waals surface area (Å²) < 4.78 is 51.1. The fourth-order valence-corrected chi connectivity index (χ4v) is 2.28. The van der Waals surface area contributed by atoms with Gasteiger partial charge in [-0.15, -0.1) is 0 Å². The van der Waals surface area contributed by atoms with Gasteiger partial charge in [0.15, 0.2) is 23.2 Å². The van der Waals surface area contributed by atoms with E-state index in [-0.39, 0.29) is 18.1 Å². The molecule has 0 spiro atoms. The monoisotopic (exact) mass is 300 g/mol. The van der Waals surface area contributed by atoms with Crippen LogP contribution in [0.4, 0.5) is 13.2 Å². The molecule has 3 rings (SSSR count). The maximum Gasteiger partial charge on any atom is 0.410 e. The fraction of sp³-hybridized carbons (Fsp3) is 0.333. The summed E-state index contributed by atoms with van der Waals surface area (Å²) in [7, 11) is 0. The first-order valence-electron chi connectivity index (χ1n) is 5.95. The van der Waals surface area contributed by atoms with Gasteiger partial charge in [-0.3, -0.25) is 10.7 Å². The molecule has 0 radical (unpaired) electrons. The molecule has 0 aromatic heterocycles. The largest absolute Gasteiger partial charge is 0.454 e. The van der Waals surface area contributed by atoms with Crippen LogP contribution in [0.1, 0.15) is 5.56 Å². The molecule has 0 amide bonds. The summed E-state index contributed by atoms with van der Waals surface area (Å²) in [6, 6.07) is 3.87. The minimum atomic E-state index is -4.72. The van der Waals surface area contributed by atoms with Gasteiger partial charge in [0.05, 0.1) is 0 Å². The smallest absolute Gasteiger partial charge is 0.410 e. The van der Waals surface area contributed by atoms with Gasteiger partial charge in [0.2, 0.25) is 6.79 Å². The van der Waals surface area contributed by atoms with Gasteiger partial charge < -0.3 is 15.2 Å². The van der Waals surface area contributed by atoms with E-state index in [2.05, 4.69) is 9.98 Å². The van der Waals surface area contributed by atoms with E-state index in [1.54, 1.807) is 0 Å². The van der Waals surface area contributed by atoms with Gasteiger partial charge in [0, 0.05) is 6.21 Å². The number of nitrogens with zero attached hydrogens (tertiary/aromatic N) is 2. The van der Waals surface area contributed by atoms with Crippen LogP contribution in [0, 0.1) is 0 Å². The second-order valence-electron chi connectivity index (χ2n) is 4.58. The van der Waals surface area contributed by atoms with Gasteiger partial charge in [0.25, 0.3) is 0 Å². The third kappa shape index (κ3) is 1.92. The Hall–Kier alpha value is -2.29. The second-order valence-corrected chi connectivity index (χ2v) is 4.58. The Morgan fingerprint density at radius 2 is 1.95 bits per heavy atom. The van der Waals surface area contributed by atoms with Crippen LogP contribution in [0.3, 0.4) is 0 Å². The third-order valence-corrected chi connectivity index (χ3v) is 3.37. The van der Waals surface area contributed by atoms with Crippen molar-refractivity contribution in [2.24, 2.45) is 21.5 Å². The average molecular weight is 300 g/mol. The van der Waals surface area contributed by atoms with E-state index in [0.29, 0.717) is 12.0 Å². The zero-order valence-electron chi connectivity index (χ0n) is 10.6. The lowest BCUT2D eigenvalue weighted by molar-refractivity contribution is -0.150. The van der Waals surface area contributed by atoms with E-state index in [9.17, 15) is 13.2 Å². The first-order chi connectivity index (χ1) is 9.84. The number of hydrogen-bond acceptors (Lipinski definition) is 6. The lowest BCUT2D eigenvalue weighted by Crippen LogP contribution is -2.56. The van der Waals surface area contributed by atoms with Crippen LogP contribution in [-0.2, 0) is 5.41 Å². The zero-order valence-corrected chi connectivity index (χ0v) is 10.6. The minimum Gasteiger partial charge on any atom is -0.454 e. The molecule has 6 nitrogen and oxygen atoms in total. The van der Waals surface area contributed by atoms with Gasteiger partial charge in [-0.1, -0.05) is 6.07 Å². The van der Waals surface area contributed by atoms with Gasteiger partial charge in [-0.25, -0.2) is 4.99 Å². The Balaban J connectivity index is 2.18. The highest BCUT2D eigenvalue weighted by Crippen LogP contribution is 2.44. The number of amidine groups is 1. The topological polar surface area (TPSA) is 95.2 Å². The summed E-state index contributed by atoms with van der Waals surface area (Å²) >= 11 is 0. The average Bonchev–Trinajstić information content (AvgIpc) is 2.84. The maximum atomic E-state index is 13.6. The molecule has 0 saturated heterocycles. The molecule has 112 valence electrons. The van der Waals surface area contributed by atoms with Gasteiger partial charge >= 0.3 is 6.18 Å². The molecule has 2 heterocycles. The molecule has 0 aliphatic carbocycles. The Bertz CT molecular complexity index is 644. The molecule has 0 fully saturated rings. The standard InChI is InChI=1S/C12H11F3N4O2/c13-12(14,15)11(4-18-10(17)19-9(11)16)6-1-2-7-8(3-6)21-5-20-7/h1-4,10H,5,17H2,(H2,16,19). The molecule has 2 atom stereocenters. The minimum absolute atomic E-state index is 0.0413. The van der Waals surface area contributed by atoms with Gasteiger partial charge in [-0.05, 0) is 17.7 Å². The molecule has 2 aliphatic heterocycles. The van der Waals surface area contributed by atoms with Crippen molar-refractivity contribution in [3.05, 3.63) is 23.8 Å². The van der Waals surface area contributed by atoms with Crippen molar-refractivity contribution in [1.82, 2.24) is 0 Å². The summed E-state index contributed by atoms with van der Waals surface area (Å²) in [6.45, 7) is -0.0413. The quantitative estimate of drug-likeness (QED) is 0.805. The molecular weight excluding hydrogens is 289 g/mol. The number of ether oxygens (including phenoxy) is 2. The highest BCUT2D eigenvalue weighted by molar-refractivity contribution is 6.09. The highest BCUT2D eigenvalue weighted by atomic mass is 19.4. The molecular formula is C12H11F3N4O2.